The number of carbonyl (C=O) groups excluding carboxylic acids is 1. The van der Waals surface area contributed by atoms with Gasteiger partial charge in [0.15, 0.2) is 0 Å². The van der Waals surface area contributed by atoms with E-state index in [0.717, 1.165) is 57.8 Å². The van der Waals surface area contributed by atoms with Crippen molar-refractivity contribution in [2.24, 2.45) is 0 Å². The molecule has 0 aliphatic carbocycles. The van der Waals surface area contributed by atoms with Crippen LogP contribution in [0.5, 0.6) is 0 Å². The summed E-state index contributed by atoms with van der Waals surface area (Å²) in [5.74, 6) is 0.0323. The molecule has 0 aromatic heterocycles. The molecule has 126 valence electrons. The van der Waals surface area contributed by atoms with Gasteiger partial charge in [0.25, 0.3) is 5.91 Å². The molecule has 1 aromatic rings. The van der Waals surface area contributed by atoms with E-state index < -0.39 is 0 Å². The lowest BCUT2D eigenvalue weighted by molar-refractivity contribution is 0.0950. The van der Waals surface area contributed by atoms with Crippen LogP contribution in [0, 0.1) is 0 Å². The number of nitrogens with zero attached hydrogens (tertiary/aromatic N) is 2. The Balaban J connectivity index is 1.47. The van der Waals surface area contributed by atoms with Gasteiger partial charge in [0.2, 0.25) is 0 Å². The van der Waals surface area contributed by atoms with E-state index in [-0.39, 0.29) is 5.91 Å². The summed E-state index contributed by atoms with van der Waals surface area (Å²) >= 11 is 0. The Hall–Kier alpha value is -1.43. The van der Waals surface area contributed by atoms with E-state index in [2.05, 4.69) is 39.6 Å². The monoisotopic (exact) mass is 316 g/mol. The number of hydrogen-bond donors (Lipinski definition) is 2. The van der Waals surface area contributed by atoms with Crippen molar-refractivity contribution >= 4 is 5.91 Å². The molecular formula is C18H28N4O. The van der Waals surface area contributed by atoms with Crippen LogP contribution in [0.4, 0.5) is 0 Å². The molecule has 0 radical (unpaired) electrons. The van der Waals surface area contributed by atoms with Crippen molar-refractivity contribution in [2.45, 2.75) is 25.4 Å². The molecule has 1 atom stereocenters. The Kier molecular flexibility index (Phi) is 5.65. The molecule has 3 rings (SSSR count). The average molecular weight is 316 g/mol. The van der Waals surface area contributed by atoms with Gasteiger partial charge in [0.1, 0.15) is 0 Å². The van der Waals surface area contributed by atoms with Gasteiger partial charge in [-0.3, -0.25) is 9.69 Å². The normalized spacial score (nSPS) is 23.1. The summed E-state index contributed by atoms with van der Waals surface area (Å²) in [7, 11) is 2.17. The zero-order valence-electron chi connectivity index (χ0n) is 14.1. The van der Waals surface area contributed by atoms with E-state index in [4.69, 9.17) is 0 Å². The second kappa shape index (κ2) is 7.90. The molecule has 2 aliphatic heterocycles. The fourth-order valence-electron chi connectivity index (χ4n) is 3.27. The number of benzene rings is 1. The third-order valence-electron chi connectivity index (χ3n) is 4.89. The summed E-state index contributed by atoms with van der Waals surface area (Å²) in [6, 6.07) is 8.50. The number of hydrogen-bond acceptors (Lipinski definition) is 4. The molecule has 0 spiro atoms. The van der Waals surface area contributed by atoms with Gasteiger partial charge in [-0.05, 0) is 44.1 Å². The second-order valence-electron chi connectivity index (χ2n) is 6.78. The van der Waals surface area contributed by atoms with Gasteiger partial charge >= 0.3 is 0 Å². The third-order valence-corrected chi connectivity index (χ3v) is 4.89. The molecule has 23 heavy (non-hydrogen) atoms. The number of likely N-dealkylation sites (N-methyl/N-ethyl adjacent to an activating group) is 1. The van der Waals surface area contributed by atoms with Crippen LogP contribution in [0.1, 0.15) is 28.8 Å². The number of amides is 1. The molecule has 2 heterocycles. The predicted molar refractivity (Wildman–Crippen MR) is 92.6 cm³/mol. The molecule has 2 aliphatic rings. The Labute approximate surface area is 139 Å². The number of carbonyl (C=O) groups is 1. The van der Waals surface area contributed by atoms with E-state index in [1.807, 2.05) is 12.1 Å². The lowest BCUT2D eigenvalue weighted by atomic mass is 10.1. The van der Waals surface area contributed by atoms with E-state index in [1.165, 1.54) is 12.0 Å². The zero-order valence-corrected chi connectivity index (χ0v) is 14.1. The first-order chi connectivity index (χ1) is 11.2. The Morgan fingerprint density at radius 3 is 2.61 bits per heavy atom. The van der Waals surface area contributed by atoms with Crippen LogP contribution in [0.2, 0.25) is 0 Å². The highest BCUT2D eigenvalue weighted by atomic mass is 16.1. The van der Waals surface area contributed by atoms with Gasteiger partial charge in [-0.2, -0.15) is 0 Å². The number of nitrogens with one attached hydrogen (secondary N) is 2. The van der Waals surface area contributed by atoms with Crippen LogP contribution in [0.25, 0.3) is 0 Å². The van der Waals surface area contributed by atoms with Crippen molar-refractivity contribution in [3.05, 3.63) is 35.4 Å². The van der Waals surface area contributed by atoms with E-state index in [9.17, 15) is 4.79 Å². The van der Waals surface area contributed by atoms with Gasteiger partial charge in [-0.25, -0.2) is 0 Å². The van der Waals surface area contributed by atoms with Crippen molar-refractivity contribution < 1.29 is 4.79 Å². The average Bonchev–Trinajstić information content (AvgIpc) is 3.09. The van der Waals surface area contributed by atoms with Gasteiger partial charge in [0.05, 0.1) is 0 Å². The van der Waals surface area contributed by atoms with Crippen molar-refractivity contribution in [1.82, 2.24) is 20.4 Å². The Morgan fingerprint density at radius 2 is 1.96 bits per heavy atom. The van der Waals surface area contributed by atoms with Gasteiger partial charge in [0, 0.05) is 50.9 Å². The second-order valence-corrected chi connectivity index (χ2v) is 6.78. The van der Waals surface area contributed by atoms with Gasteiger partial charge < -0.3 is 15.5 Å². The number of rotatable bonds is 5. The highest BCUT2D eigenvalue weighted by Gasteiger charge is 2.16. The van der Waals surface area contributed by atoms with E-state index in [0.29, 0.717) is 6.04 Å². The molecule has 0 bridgehead atoms. The molecule has 1 amide bonds. The van der Waals surface area contributed by atoms with Crippen LogP contribution >= 0.6 is 0 Å². The van der Waals surface area contributed by atoms with Crippen molar-refractivity contribution in [3.63, 3.8) is 0 Å². The van der Waals surface area contributed by atoms with E-state index in [1.54, 1.807) is 0 Å². The Morgan fingerprint density at radius 1 is 1.22 bits per heavy atom. The summed E-state index contributed by atoms with van der Waals surface area (Å²) < 4.78 is 0. The van der Waals surface area contributed by atoms with Crippen molar-refractivity contribution in [2.75, 3.05) is 46.3 Å². The van der Waals surface area contributed by atoms with Crippen LogP contribution in [0.3, 0.4) is 0 Å². The first-order valence-electron chi connectivity index (χ1n) is 8.72. The summed E-state index contributed by atoms with van der Waals surface area (Å²) in [6.07, 6.45) is 2.37. The van der Waals surface area contributed by atoms with Crippen LogP contribution in [-0.4, -0.2) is 68.1 Å². The Bertz CT molecular complexity index is 502. The lowest BCUT2D eigenvalue weighted by Gasteiger charge is -2.32. The number of piperazine rings is 1. The van der Waals surface area contributed by atoms with Crippen molar-refractivity contribution in [1.29, 1.82) is 0 Å². The third kappa shape index (κ3) is 4.77. The summed E-state index contributed by atoms with van der Waals surface area (Å²) in [4.78, 5) is 17.0. The highest BCUT2D eigenvalue weighted by molar-refractivity contribution is 5.94. The minimum absolute atomic E-state index is 0.0323. The first kappa shape index (κ1) is 16.4. The van der Waals surface area contributed by atoms with Crippen LogP contribution in [0.15, 0.2) is 24.3 Å². The van der Waals surface area contributed by atoms with E-state index >= 15 is 0 Å². The molecule has 2 saturated heterocycles. The molecule has 0 saturated carbocycles. The van der Waals surface area contributed by atoms with Gasteiger partial charge in [-0.15, -0.1) is 0 Å². The topological polar surface area (TPSA) is 47.6 Å². The summed E-state index contributed by atoms with van der Waals surface area (Å²) in [6.45, 7) is 7.27. The zero-order chi connectivity index (χ0) is 16.1. The minimum atomic E-state index is 0.0323. The fourth-order valence-corrected chi connectivity index (χ4v) is 3.27. The van der Waals surface area contributed by atoms with Gasteiger partial charge in [-0.1, -0.05) is 12.1 Å². The predicted octanol–water partition coefficient (Wildman–Crippen LogP) is 0.916. The van der Waals surface area contributed by atoms with Crippen LogP contribution < -0.4 is 10.6 Å². The molecule has 2 N–H and O–H groups in total. The lowest BCUT2D eigenvalue weighted by Crippen LogP contribution is -2.43. The molecule has 5 heteroatoms. The molecule has 1 aromatic carbocycles. The standard InChI is InChI=1S/C18H28N4O/c1-21-9-11-22(12-10-21)14-15-4-6-16(7-5-15)18(23)20-13-17-3-2-8-19-17/h4-7,17,19H,2-3,8-14H2,1H3,(H,20,23). The smallest absolute Gasteiger partial charge is 0.251 e. The fraction of sp³-hybridized carbons (Fsp3) is 0.611. The minimum Gasteiger partial charge on any atom is -0.350 e. The molecule has 1 unspecified atom stereocenters. The molecule has 2 fully saturated rings. The van der Waals surface area contributed by atoms with Crippen molar-refractivity contribution in [3.8, 4) is 0 Å². The SMILES string of the molecule is CN1CCN(Cc2ccc(C(=O)NCC3CCCN3)cc2)CC1. The largest absolute Gasteiger partial charge is 0.350 e. The maximum absolute atomic E-state index is 12.2. The summed E-state index contributed by atoms with van der Waals surface area (Å²) in [5, 5.41) is 6.43. The quantitative estimate of drug-likeness (QED) is 0.848. The van der Waals surface area contributed by atoms with Crippen LogP contribution in [-0.2, 0) is 6.54 Å². The highest BCUT2D eigenvalue weighted by Crippen LogP contribution is 2.10. The maximum Gasteiger partial charge on any atom is 0.251 e. The first-order valence-corrected chi connectivity index (χ1v) is 8.72. The summed E-state index contributed by atoms with van der Waals surface area (Å²) in [5.41, 5.74) is 2.04. The molecular weight excluding hydrogens is 288 g/mol. The maximum atomic E-state index is 12.2. The molecule has 5 nitrogen and oxygen atoms in total.